The molecule has 8 heteroatoms. The molecule has 0 atom stereocenters. The van der Waals surface area contributed by atoms with E-state index >= 15 is 0 Å². The number of ether oxygens (including phenoxy) is 1. The Morgan fingerprint density at radius 2 is 2.08 bits per heavy atom. The number of aromatic carboxylic acids is 1. The van der Waals surface area contributed by atoms with Crippen LogP contribution in [0, 0.1) is 11.3 Å². The molecule has 6 nitrogen and oxygen atoms in total. The number of hydrogen-bond acceptors (Lipinski definition) is 5. The predicted molar refractivity (Wildman–Crippen MR) is 97.8 cm³/mol. The molecular weight excluding hydrogens is 376 g/mol. The standard InChI is InChI=1S/C18H11ClN2O4S/c19-12-2-1-3-14-15(12)11(16(26-14)18(23)24)8-25-13-5-4-9(17(21)22)6-10(13)7-20/h1-6H,8H2,(H2,21,22)(H,23,24). The lowest BCUT2D eigenvalue weighted by Gasteiger charge is -2.09. The van der Waals surface area contributed by atoms with Gasteiger partial charge in [0.25, 0.3) is 0 Å². The average Bonchev–Trinajstić information content (AvgIpc) is 3.00. The predicted octanol–water partition coefficient (Wildman–Crippen LogP) is 3.80. The van der Waals surface area contributed by atoms with Crippen molar-refractivity contribution < 1.29 is 19.4 Å². The van der Waals surface area contributed by atoms with Crippen molar-refractivity contribution >= 4 is 44.9 Å². The number of carboxylic acids is 1. The highest BCUT2D eigenvalue weighted by Crippen LogP contribution is 2.37. The van der Waals surface area contributed by atoms with Crippen LogP contribution in [0.15, 0.2) is 36.4 Å². The Balaban J connectivity index is 2.00. The second-order valence-corrected chi connectivity index (χ2v) is 6.76. The number of nitrogens with two attached hydrogens (primary N) is 1. The summed E-state index contributed by atoms with van der Waals surface area (Å²) in [4.78, 5) is 22.9. The molecule has 0 saturated carbocycles. The van der Waals surface area contributed by atoms with Crippen LogP contribution in [0.2, 0.25) is 5.02 Å². The molecule has 0 aliphatic carbocycles. The Hall–Kier alpha value is -3.08. The Morgan fingerprint density at radius 3 is 2.73 bits per heavy atom. The van der Waals surface area contributed by atoms with Gasteiger partial charge in [0.05, 0.1) is 5.56 Å². The van der Waals surface area contributed by atoms with E-state index in [1.807, 2.05) is 6.07 Å². The molecule has 2 aromatic carbocycles. The molecule has 0 bridgehead atoms. The van der Waals surface area contributed by atoms with E-state index < -0.39 is 11.9 Å². The number of fused-ring (bicyclic) bond motifs is 1. The number of carbonyl (C=O) groups excluding carboxylic acids is 1. The third-order valence-electron chi connectivity index (χ3n) is 3.71. The third-order valence-corrected chi connectivity index (χ3v) is 5.21. The van der Waals surface area contributed by atoms with Crippen molar-refractivity contribution in [1.82, 2.24) is 0 Å². The first kappa shape index (κ1) is 17.7. The van der Waals surface area contributed by atoms with Crippen molar-refractivity contribution in [2.75, 3.05) is 0 Å². The number of benzene rings is 2. The first-order chi connectivity index (χ1) is 12.4. The summed E-state index contributed by atoms with van der Waals surface area (Å²) in [5.41, 5.74) is 5.95. The lowest BCUT2D eigenvalue weighted by Crippen LogP contribution is -2.11. The zero-order valence-corrected chi connectivity index (χ0v) is 14.7. The maximum Gasteiger partial charge on any atom is 0.346 e. The van der Waals surface area contributed by atoms with Gasteiger partial charge in [-0.1, -0.05) is 17.7 Å². The second-order valence-electron chi connectivity index (χ2n) is 5.30. The lowest BCUT2D eigenvalue weighted by atomic mass is 10.1. The molecule has 0 radical (unpaired) electrons. The molecule has 3 N–H and O–H groups in total. The number of rotatable bonds is 5. The number of amides is 1. The third kappa shape index (κ3) is 3.20. The molecule has 3 rings (SSSR count). The van der Waals surface area contributed by atoms with Crippen molar-refractivity contribution in [2.45, 2.75) is 6.61 Å². The van der Waals surface area contributed by atoms with E-state index in [9.17, 15) is 20.0 Å². The normalized spacial score (nSPS) is 10.5. The van der Waals surface area contributed by atoms with Crippen LogP contribution in [0.4, 0.5) is 0 Å². The average molecular weight is 387 g/mol. The largest absolute Gasteiger partial charge is 0.487 e. The molecule has 0 saturated heterocycles. The van der Waals surface area contributed by atoms with Crippen LogP contribution in [-0.4, -0.2) is 17.0 Å². The van der Waals surface area contributed by atoms with Gasteiger partial charge in [0.1, 0.15) is 23.3 Å². The van der Waals surface area contributed by atoms with E-state index in [2.05, 4.69) is 0 Å². The fourth-order valence-corrected chi connectivity index (χ4v) is 3.94. The Morgan fingerprint density at radius 1 is 1.31 bits per heavy atom. The van der Waals surface area contributed by atoms with Crippen LogP contribution in [0.5, 0.6) is 5.75 Å². The number of carboxylic acid groups (broad SMARTS) is 1. The summed E-state index contributed by atoms with van der Waals surface area (Å²) in [6.45, 7) is -0.0873. The van der Waals surface area contributed by atoms with E-state index in [0.29, 0.717) is 16.0 Å². The summed E-state index contributed by atoms with van der Waals surface area (Å²) in [7, 11) is 0. The molecule has 1 amide bonds. The van der Waals surface area contributed by atoms with E-state index in [-0.39, 0.29) is 28.4 Å². The Kier molecular flexibility index (Phi) is 4.80. The molecular formula is C18H11ClN2O4S. The van der Waals surface area contributed by atoms with Gasteiger partial charge in [-0.3, -0.25) is 4.79 Å². The van der Waals surface area contributed by atoms with E-state index in [1.54, 1.807) is 18.2 Å². The summed E-state index contributed by atoms with van der Waals surface area (Å²) in [5, 5.41) is 19.7. The van der Waals surface area contributed by atoms with E-state index in [4.69, 9.17) is 22.1 Å². The number of primary amides is 1. The monoisotopic (exact) mass is 386 g/mol. The van der Waals surface area contributed by atoms with Gasteiger partial charge < -0.3 is 15.6 Å². The minimum Gasteiger partial charge on any atom is -0.487 e. The van der Waals surface area contributed by atoms with Gasteiger partial charge >= 0.3 is 5.97 Å². The minimum absolute atomic E-state index is 0.0873. The van der Waals surface area contributed by atoms with Crippen molar-refractivity contribution in [3.8, 4) is 11.8 Å². The van der Waals surface area contributed by atoms with Gasteiger partial charge in [-0.15, -0.1) is 11.3 Å². The molecule has 0 spiro atoms. The number of thiophene rings is 1. The van der Waals surface area contributed by atoms with Crippen LogP contribution < -0.4 is 10.5 Å². The summed E-state index contributed by atoms with van der Waals surface area (Å²) in [5.74, 6) is -1.51. The Bertz CT molecular complexity index is 1080. The zero-order valence-electron chi connectivity index (χ0n) is 13.2. The lowest BCUT2D eigenvalue weighted by molar-refractivity contribution is 0.0699. The van der Waals surface area contributed by atoms with Crippen LogP contribution in [-0.2, 0) is 6.61 Å². The highest BCUT2D eigenvalue weighted by Gasteiger charge is 2.20. The molecule has 130 valence electrons. The van der Waals surface area contributed by atoms with Gasteiger partial charge in [-0.2, -0.15) is 5.26 Å². The summed E-state index contributed by atoms with van der Waals surface area (Å²) in [6.07, 6.45) is 0. The van der Waals surface area contributed by atoms with Crippen molar-refractivity contribution in [3.63, 3.8) is 0 Å². The number of nitriles is 1. The molecule has 0 aliphatic rings. The van der Waals surface area contributed by atoms with Gasteiger partial charge in [-0.25, -0.2) is 4.79 Å². The quantitative estimate of drug-likeness (QED) is 0.692. The summed E-state index contributed by atoms with van der Waals surface area (Å²) in [6, 6.07) is 11.4. The molecule has 0 fully saturated rings. The molecule has 0 aliphatic heterocycles. The van der Waals surface area contributed by atoms with Crippen LogP contribution in [0.3, 0.4) is 0 Å². The molecule has 1 heterocycles. The number of nitrogens with zero attached hydrogens (tertiary/aromatic N) is 1. The van der Waals surface area contributed by atoms with Crippen molar-refractivity contribution in [2.24, 2.45) is 5.73 Å². The molecule has 3 aromatic rings. The fourth-order valence-electron chi connectivity index (χ4n) is 2.52. The highest BCUT2D eigenvalue weighted by molar-refractivity contribution is 7.21. The summed E-state index contributed by atoms with van der Waals surface area (Å²) < 4.78 is 6.41. The zero-order chi connectivity index (χ0) is 18.8. The molecule has 26 heavy (non-hydrogen) atoms. The highest BCUT2D eigenvalue weighted by atomic mass is 35.5. The topological polar surface area (TPSA) is 113 Å². The van der Waals surface area contributed by atoms with Crippen molar-refractivity contribution in [1.29, 1.82) is 5.26 Å². The van der Waals surface area contributed by atoms with Crippen molar-refractivity contribution in [3.05, 3.63) is 63.0 Å². The van der Waals surface area contributed by atoms with Crippen LogP contribution in [0.1, 0.15) is 31.2 Å². The van der Waals surface area contributed by atoms with E-state index in [0.717, 1.165) is 16.0 Å². The minimum atomic E-state index is -1.08. The first-order valence-electron chi connectivity index (χ1n) is 7.32. The second kappa shape index (κ2) is 7.04. The van der Waals surface area contributed by atoms with Crippen LogP contribution in [0.25, 0.3) is 10.1 Å². The van der Waals surface area contributed by atoms with Gasteiger partial charge in [0.15, 0.2) is 0 Å². The smallest absolute Gasteiger partial charge is 0.346 e. The maximum atomic E-state index is 11.6. The molecule has 1 aromatic heterocycles. The Labute approximate surface area is 157 Å². The molecule has 0 unspecified atom stereocenters. The van der Waals surface area contributed by atoms with E-state index in [1.165, 1.54) is 18.2 Å². The van der Waals surface area contributed by atoms with Crippen LogP contribution >= 0.6 is 22.9 Å². The first-order valence-corrected chi connectivity index (χ1v) is 8.51. The number of carbonyl (C=O) groups is 2. The number of hydrogen-bond donors (Lipinski definition) is 2. The SMILES string of the molecule is N#Cc1cc(C(N)=O)ccc1OCc1c(C(=O)O)sc2cccc(Cl)c12. The summed E-state index contributed by atoms with van der Waals surface area (Å²) >= 11 is 7.34. The fraction of sp³-hybridized carbons (Fsp3) is 0.0556. The number of halogens is 1. The van der Waals surface area contributed by atoms with Gasteiger partial charge in [0, 0.05) is 26.2 Å². The van der Waals surface area contributed by atoms with Gasteiger partial charge in [0.2, 0.25) is 5.91 Å². The maximum absolute atomic E-state index is 11.6. The van der Waals surface area contributed by atoms with Gasteiger partial charge in [-0.05, 0) is 30.3 Å².